The topological polar surface area (TPSA) is 93.1 Å². The number of unbranched alkanes of at least 4 members (excludes halogenated alkanes) is 1. The molecule has 0 saturated heterocycles. The van der Waals surface area contributed by atoms with Gasteiger partial charge >= 0.3 is 11.9 Å². The van der Waals surface area contributed by atoms with E-state index in [-0.39, 0.29) is 23.7 Å². The summed E-state index contributed by atoms with van der Waals surface area (Å²) in [6.45, 7) is 2.43. The van der Waals surface area contributed by atoms with Gasteiger partial charge in [-0.05, 0) is 24.5 Å². The van der Waals surface area contributed by atoms with Crippen molar-refractivity contribution in [1.29, 1.82) is 0 Å². The van der Waals surface area contributed by atoms with E-state index in [1.54, 1.807) is 6.07 Å². The lowest BCUT2D eigenvalue weighted by molar-refractivity contribution is -0.144. The molecule has 1 aliphatic rings. The molecule has 1 aliphatic heterocycles. The largest absolute Gasteiger partial charge is 0.504 e. The first-order chi connectivity index (χ1) is 10.5. The lowest BCUT2D eigenvalue weighted by Gasteiger charge is -2.25. The van der Waals surface area contributed by atoms with Crippen LogP contribution in [0.3, 0.4) is 0 Å². The number of carbonyl (C=O) groups is 2. The number of cyclic esters (lactones) is 1. The first-order valence-corrected chi connectivity index (χ1v) is 7.43. The molecule has 6 heteroatoms. The quantitative estimate of drug-likeness (QED) is 0.476. The monoisotopic (exact) mass is 308 g/mol. The Bertz CT molecular complexity index is 566. The highest BCUT2D eigenvalue weighted by Crippen LogP contribution is 2.35. The van der Waals surface area contributed by atoms with Crippen molar-refractivity contribution in [1.82, 2.24) is 0 Å². The summed E-state index contributed by atoms with van der Waals surface area (Å²) >= 11 is 0. The van der Waals surface area contributed by atoms with Crippen LogP contribution < -0.4 is 0 Å². The second-order valence-electron chi connectivity index (χ2n) is 5.31. The summed E-state index contributed by atoms with van der Waals surface area (Å²) in [6, 6.07) is 2.92. The van der Waals surface area contributed by atoms with Crippen LogP contribution in [0.2, 0.25) is 0 Å². The second kappa shape index (κ2) is 7.15. The van der Waals surface area contributed by atoms with Crippen LogP contribution in [0, 0.1) is 0 Å². The summed E-state index contributed by atoms with van der Waals surface area (Å²) in [5.74, 6) is -1.79. The SMILES string of the molecule is CCCCOC(=O)CC[C@@H]1Cc2ccc(O)c(O)c2C(=O)O1. The summed E-state index contributed by atoms with van der Waals surface area (Å²) in [5, 5.41) is 19.1. The van der Waals surface area contributed by atoms with Crippen LogP contribution in [-0.2, 0) is 20.7 Å². The molecular formula is C16H20O6. The fourth-order valence-electron chi connectivity index (χ4n) is 2.36. The van der Waals surface area contributed by atoms with Crippen molar-refractivity contribution in [2.45, 2.75) is 45.1 Å². The number of hydrogen-bond acceptors (Lipinski definition) is 6. The van der Waals surface area contributed by atoms with E-state index in [4.69, 9.17) is 9.47 Å². The van der Waals surface area contributed by atoms with Crippen LogP contribution in [0.5, 0.6) is 11.5 Å². The molecule has 1 aromatic carbocycles. The van der Waals surface area contributed by atoms with Crippen LogP contribution in [0.4, 0.5) is 0 Å². The van der Waals surface area contributed by atoms with Crippen LogP contribution >= 0.6 is 0 Å². The van der Waals surface area contributed by atoms with Crippen LogP contribution in [0.15, 0.2) is 12.1 Å². The Morgan fingerprint density at radius 2 is 2.18 bits per heavy atom. The van der Waals surface area contributed by atoms with Gasteiger partial charge in [-0.2, -0.15) is 0 Å². The molecule has 0 bridgehead atoms. The lowest BCUT2D eigenvalue weighted by atomic mass is 9.95. The minimum atomic E-state index is -0.681. The Labute approximate surface area is 128 Å². The summed E-state index contributed by atoms with van der Waals surface area (Å²) < 4.78 is 10.3. The Balaban J connectivity index is 1.92. The molecule has 0 aliphatic carbocycles. The number of phenolic OH excluding ortho intramolecular Hbond substituents is 2. The summed E-state index contributed by atoms with van der Waals surface area (Å²) in [5.41, 5.74) is 0.609. The average Bonchev–Trinajstić information content (AvgIpc) is 2.49. The predicted octanol–water partition coefficient (Wildman–Crippen LogP) is 2.30. The van der Waals surface area contributed by atoms with E-state index in [1.807, 2.05) is 6.92 Å². The number of phenols is 2. The maximum atomic E-state index is 11.9. The molecule has 1 aromatic rings. The normalized spacial score (nSPS) is 16.8. The van der Waals surface area contributed by atoms with Crippen molar-refractivity contribution in [3.05, 3.63) is 23.3 Å². The van der Waals surface area contributed by atoms with Gasteiger partial charge < -0.3 is 19.7 Å². The fourth-order valence-corrected chi connectivity index (χ4v) is 2.36. The highest BCUT2D eigenvalue weighted by atomic mass is 16.5. The van der Waals surface area contributed by atoms with Crippen molar-refractivity contribution in [3.63, 3.8) is 0 Å². The number of carbonyl (C=O) groups excluding carboxylic acids is 2. The zero-order chi connectivity index (χ0) is 16.1. The molecule has 0 fully saturated rings. The van der Waals surface area contributed by atoms with E-state index in [1.165, 1.54) is 6.07 Å². The average molecular weight is 308 g/mol. The molecule has 22 heavy (non-hydrogen) atoms. The van der Waals surface area contributed by atoms with Crippen molar-refractivity contribution < 1.29 is 29.3 Å². The van der Waals surface area contributed by atoms with Crippen LogP contribution in [0.1, 0.15) is 48.5 Å². The lowest BCUT2D eigenvalue weighted by Crippen LogP contribution is -2.28. The van der Waals surface area contributed by atoms with Gasteiger partial charge in [-0.3, -0.25) is 4.79 Å². The van der Waals surface area contributed by atoms with Gasteiger partial charge in [0.25, 0.3) is 0 Å². The van der Waals surface area contributed by atoms with E-state index < -0.39 is 17.8 Å². The van der Waals surface area contributed by atoms with Gasteiger partial charge in [0.05, 0.1) is 6.61 Å². The highest BCUT2D eigenvalue weighted by Gasteiger charge is 2.30. The standard InChI is InChI=1S/C16H20O6/c1-2-3-8-21-13(18)7-5-11-9-10-4-6-12(17)15(19)14(10)16(20)22-11/h4,6,11,17,19H,2-3,5,7-9H2,1H3/t11-/m1/s1. The van der Waals surface area contributed by atoms with Gasteiger partial charge in [0.2, 0.25) is 0 Å². The molecule has 1 atom stereocenters. The first-order valence-electron chi connectivity index (χ1n) is 7.43. The van der Waals surface area contributed by atoms with E-state index in [0.717, 1.165) is 12.8 Å². The summed E-state index contributed by atoms with van der Waals surface area (Å²) in [7, 11) is 0. The van der Waals surface area contributed by atoms with E-state index in [2.05, 4.69) is 0 Å². The maximum Gasteiger partial charge on any atom is 0.342 e. The zero-order valence-corrected chi connectivity index (χ0v) is 12.5. The first kappa shape index (κ1) is 16.1. The minimum Gasteiger partial charge on any atom is -0.504 e. The molecule has 0 saturated carbocycles. The third kappa shape index (κ3) is 3.69. The number of fused-ring (bicyclic) bond motifs is 1. The van der Waals surface area contributed by atoms with Crippen LogP contribution in [0.25, 0.3) is 0 Å². The number of ether oxygens (including phenoxy) is 2. The molecule has 0 spiro atoms. The number of hydrogen-bond donors (Lipinski definition) is 2. The van der Waals surface area contributed by atoms with Gasteiger partial charge in [-0.25, -0.2) is 4.79 Å². The molecule has 2 N–H and O–H groups in total. The molecule has 120 valence electrons. The molecular weight excluding hydrogens is 288 g/mol. The highest BCUT2D eigenvalue weighted by molar-refractivity contribution is 5.96. The van der Waals surface area contributed by atoms with Gasteiger partial charge in [0.15, 0.2) is 11.5 Å². The number of esters is 2. The van der Waals surface area contributed by atoms with Crippen molar-refractivity contribution in [2.24, 2.45) is 0 Å². The third-order valence-corrected chi connectivity index (χ3v) is 3.60. The molecule has 1 heterocycles. The molecule has 0 unspecified atom stereocenters. The maximum absolute atomic E-state index is 11.9. The Morgan fingerprint density at radius 1 is 1.41 bits per heavy atom. The molecule has 0 aromatic heterocycles. The van der Waals surface area contributed by atoms with Crippen molar-refractivity contribution in [3.8, 4) is 11.5 Å². The smallest absolute Gasteiger partial charge is 0.342 e. The van der Waals surface area contributed by atoms with Gasteiger partial charge in [0.1, 0.15) is 11.7 Å². The molecule has 2 rings (SSSR count). The summed E-state index contributed by atoms with van der Waals surface area (Å²) in [6.07, 6.45) is 2.32. The zero-order valence-electron chi connectivity index (χ0n) is 12.5. The molecule has 6 nitrogen and oxygen atoms in total. The Hall–Kier alpha value is -2.24. The van der Waals surface area contributed by atoms with E-state index in [9.17, 15) is 19.8 Å². The number of aromatic hydroxyl groups is 2. The predicted molar refractivity (Wildman–Crippen MR) is 77.8 cm³/mol. The Morgan fingerprint density at radius 3 is 2.91 bits per heavy atom. The van der Waals surface area contributed by atoms with Gasteiger partial charge in [0, 0.05) is 12.8 Å². The van der Waals surface area contributed by atoms with Gasteiger partial charge in [-0.15, -0.1) is 0 Å². The number of rotatable bonds is 6. The molecule has 0 radical (unpaired) electrons. The van der Waals surface area contributed by atoms with Crippen molar-refractivity contribution >= 4 is 11.9 Å². The second-order valence-corrected chi connectivity index (χ2v) is 5.31. The van der Waals surface area contributed by atoms with Gasteiger partial charge in [-0.1, -0.05) is 19.4 Å². The fraction of sp³-hybridized carbons (Fsp3) is 0.500. The van der Waals surface area contributed by atoms with Crippen molar-refractivity contribution in [2.75, 3.05) is 6.61 Å². The Kier molecular flexibility index (Phi) is 5.25. The third-order valence-electron chi connectivity index (χ3n) is 3.60. The van der Waals surface area contributed by atoms with E-state index in [0.29, 0.717) is 25.0 Å². The van der Waals surface area contributed by atoms with Crippen LogP contribution in [-0.4, -0.2) is 34.9 Å². The van der Waals surface area contributed by atoms with E-state index >= 15 is 0 Å². The number of benzene rings is 1. The minimum absolute atomic E-state index is 0.00164. The molecule has 0 amide bonds. The summed E-state index contributed by atoms with van der Waals surface area (Å²) in [4.78, 5) is 23.5.